The molecule has 39 heavy (non-hydrogen) atoms. The van der Waals surface area contributed by atoms with Gasteiger partial charge in [0.2, 0.25) is 0 Å². The highest BCUT2D eigenvalue weighted by molar-refractivity contribution is 6.02. The molecule has 0 heterocycles. The van der Waals surface area contributed by atoms with Crippen LogP contribution in [0.3, 0.4) is 0 Å². The normalized spacial score (nSPS) is 44.5. The van der Waals surface area contributed by atoms with Crippen molar-refractivity contribution >= 4 is 17.5 Å². The van der Waals surface area contributed by atoms with Gasteiger partial charge in [0.25, 0.3) is 0 Å². The van der Waals surface area contributed by atoms with Gasteiger partial charge in [-0.25, -0.2) is 0 Å². The van der Waals surface area contributed by atoms with Gasteiger partial charge in [-0.2, -0.15) is 5.26 Å². The second kappa shape index (κ2) is 9.15. The molecule has 0 aromatic rings. The first-order valence-electron chi connectivity index (χ1n) is 15.2. The summed E-state index contributed by atoms with van der Waals surface area (Å²) < 4.78 is 5.31. The van der Waals surface area contributed by atoms with Gasteiger partial charge in [-0.3, -0.25) is 14.4 Å². The van der Waals surface area contributed by atoms with Crippen LogP contribution in [-0.4, -0.2) is 24.1 Å². The molecule has 212 valence electrons. The first kappa shape index (κ1) is 28.3. The smallest absolute Gasteiger partial charge is 0.302 e. The van der Waals surface area contributed by atoms with Gasteiger partial charge in [0, 0.05) is 24.2 Å². The monoisotopic (exact) mass is 533 g/mol. The van der Waals surface area contributed by atoms with Crippen LogP contribution in [0.2, 0.25) is 0 Å². The van der Waals surface area contributed by atoms with Crippen molar-refractivity contribution in [1.82, 2.24) is 0 Å². The Morgan fingerprint density at radius 3 is 2.41 bits per heavy atom. The molecule has 0 radical (unpaired) electrons. The molecule has 0 aromatic heterocycles. The first-order valence-corrected chi connectivity index (χ1v) is 15.2. The van der Waals surface area contributed by atoms with Crippen molar-refractivity contribution < 1.29 is 19.1 Å². The maximum absolute atomic E-state index is 14.5. The first-order chi connectivity index (χ1) is 18.1. The van der Waals surface area contributed by atoms with Gasteiger partial charge in [0.1, 0.15) is 6.07 Å². The molecule has 3 fully saturated rings. The Labute approximate surface area is 234 Å². The summed E-state index contributed by atoms with van der Waals surface area (Å²) in [5.74, 6) is 0.168. The van der Waals surface area contributed by atoms with Crippen LogP contribution in [0.5, 0.6) is 0 Å². The molecule has 0 N–H and O–H groups in total. The summed E-state index contributed by atoms with van der Waals surface area (Å²) in [5, 5.41) is 9.81. The Bertz CT molecular complexity index is 1200. The number of esters is 1. The Balaban J connectivity index is 1.58. The molecule has 0 aromatic carbocycles. The number of ketones is 2. The van der Waals surface area contributed by atoms with Gasteiger partial charge in [0.05, 0.1) is 12.2 Å². The van der Waals surface area contributed by atoms with Crippen LogP contribution in [0, 0.1) is 62.1 Å². The van der Waals surface area contributed by atoms with Crippen molar-refractivity contribution in [3.8, 4) is 6.07 Å². The van der Waals surface area contributed by atoms with E-state index in [1.165, 1.54) is 18.9 Å². The molecular weight excluding hydrogens is 486 g/mol. The maximum Gasteiger partial charge on any atom is 0.302 e. The van der Waals surface area contributed by atoms with Crippen LogP contribution in [0.4, 0.5) is 0 Å². The van der Waals surface area contributed by atoms with Crippen molar-refractivity contribution in [3.05, 3.63) is 23.3 Å². The predicted octanol–water partition coefficient (Wildman–Crippen LogP) is 7.16. The number of carbonyl (C=O) groups is 3. The minimum absolute atomic E-state index is 0.0319. The van der Waals surface area contributed by atoms with Crippen LogP contribution < -0.4 is 0 Å². The Morgan fingerprint density at radius 1 is 1.05 bits per heavy atom. The number of ether oxygens (including phenoxy) is 1. The predicted molar refractivity (Wildman–Crippen MR) is 150 cm³/mol. The fourth-order valence-electron chi connectivity index (χ4n) is 10.4. The van der Waals surface area contributed by atoms with Gasteiger partial charge in [0.15, 0.2) is 11.6 Å². The van der Waals surface area contributed by atoms with Crippen LogP contribution in [0.15, 0.2) is 23.3 Å². The third-order valence-corrected chi connectivity index (χ3v) is 12.8. The van der Waals surface area contributed by atoms with E-state index in [0.29, 0.717) is 12.5 Å². The lowest BCUT2D eigenvalue weighted by Gasteiger charge is -2.69. The number of hydrogen-bond acceptors (Lipinski definition) is 5. The highest BCUT2D eigenvalue weighted by Gasteiger charge is 2.68. The Kier molecular flexibility index (Phi) is 6.64. The van der Waals surface area contributed by atoms with E-state index in [-0.39, 0.29) is 62.5 Å². The van der Waals surface area contributed by atoms with Crippen LogP contribution in [0.25, 0.3) is 0 Å². The molecule has 5 aliphatic rings. The van der Waals surface area contributed by atoms with Crippen LogP contribution in [-0.2, 0) is 19.1 Å². The number of hydrogen-bond donors (Lipinski definition) is 0. The summed E-state index contributed by atoms with van der Waals surface area (Å²) in [6, 6.07) is 2.18. The molecule has 5 nitrogen and oxygen atoms in total. The van der Waals surface area contributed by atoms with Gasteiger partial charge >= 0.3 is 5.97 Å². The zero-order valence-electron chi connectivity index (χ0n) is 25.1. The second-order valence-electron chi connectivity index (χ2n) is 15.2. The van der Waals surface area contributed by atoms with Gasteiger partial charge in [-0.15, -0.1) is 0 Å². The van der Waals surface area contributed by atoms with E-state index < -0.39 is 5.41 Å². The Morgan fingerprint density at radius 2 is 1.74 bits per heavy atom. The molecule has 8 atom stereocenters. The Hall–Kier alpha value is -2.22. The van der Waals surface area contributed by atoms with E-state index in [1.807, 2.05) is 19.1 Å². The zero-order valence-corrected chi connectivity index (χ0v) is 25.1. The second-order valence-corrected chi connectivity index (χ2v) is 15.2. The highest BCUT2D eigenvalue weighted by Crippen LogP contribution is 2.74. The van der Waals surface area contributed by atoms with Crippen molar-refractivity contribution in [1.29, 1.82) is 5.26 Å². The third kappa shape index (κ3) is 4.02. The van der Waals surface area contributed by atoms with E-state index in [9.17, 15) is 19.6 Å². The number of allylic oxidation sites excluding steroid dienone is 4. The summed E-state index contributed by atoms with van der Waals surface area (Å²) in [6.45, 7) is 15.6. The molecule has 0 aliphatic heterocycles. The number of rotatable bonds is 4. The van der Waals surface area contributed by atoms with E-state index in [4.69, 9.17) is 4.74 Å². The number of nitriles is 1. The quantitative estimate of drug-likeness (QED) is 0.283. The summed E-state index contributed by atoms with van der Waals surface area (Å²) in [6.07, 6.45) is 13.1. The topological polar surface area (TPSA) is 84.2 Å². The minimum Gasteiger partial charge on any atom is -0.466 e. The molecule has 1 unspecified atom stereocenters. The van der Waals surface area contributed by atoms with E-state index in [0.717, 1.165) is 51.4 Å². The van der Waals surface area contributed by atoms with Crippen molar-refractivity contribution in [2.75, 3.05) is 6.61 Å². The summed E-state index contributed by atoms with van der Waals surface area (Å²) in [4.78, 5) is 38.8. The van der Waals surface area contributed by atoms with E-state index in [1.54, 1.807) is 0 Å². The lowest BCUT2D eigenvalue weighted by molar-refractivity contribution is -0.171. The molecule has 5 rings (SSSR count). The zero-order chi connectivity index (χ0) is 28.6. The average molecular weight is 534 g/mol. The molecule has 3 saturated carbocycles. The van der Waals surface area contributed by atoms with Gasteiger partial charge in [-0.1, -0.05) is 53.2 Å². The fourth-order valence-corrected chi connectivity index (χ4v) is 10.4. The molecule has 0 bridgehead atoms. The van der Waals surface area contributed by atoms with E-state index >= 15 is 0 Å². The number of nitrogens with zero attached hydrogens (tertiary/aromatic N) is 1. The van der Waals surface area contributed by atoms with Crippen LogP contribution in [0.1, 0.15) is 106 Å². The van der Waals surface area contributed by atoms with Crippen molar-refractivity contribution in [2.24, 2.45) is 50.7 Å². The molecule has 0 saturated heterocycles. The summed E-state index contributed by atoms with van der Waals surface area (Å²) in [7, 11) is 0. The van der Waals surface area contributed by atoms with Gasteiger partial charge < -0.3 is 4.74 Å². The number of Topliss-reactive ketones (excluding diaryl/α,β-unsaturated/α-hetero) is 1. The molecule has 5 heteroatoms. The minimum atomic E-state index is -0.459. The third-order valence-electron chi connectivity index (χ3n) is 12.8. The lowest BCUT2D eigenvalue weighted by Crippen LogP contribution is -2.64. The maximum atomic E-state index is 14.5. The molecular formula is C34H47NO4. The van der Waals surface area contributed by atoms with E-state index in [2.05, 4.69) is 40.7 Å². The lowest BCUT2D eigenvalue weighted by atomic mass is 9.34. The number of carbonyl (C=O) groups excluding carboxylic acids is 3. The molecule has 5 aliphatic carbocycles. The summed E-state index contributed by atoms with van der Waals surface area (Å²) in [5.41, 5.74) is 0.929. The van der Waals surface area contributed by atoms with Gasteiger partial charge in [-0.05, 0) is 97.4 Å². The SMILES string of the molecule is CC(=O)OCCC[C@]12CCC(C)(C)C[C@@H]1C1C(=O)C=C3[C@@]4(C)C=C(C#N)C(=O)[C@@H](C)[C@@H]4CC[C@@]3(C)[C@]1(C)CC2. The standard InChI is InChI=1S/C34H47NO4/c1-21-24-9-11-32(6)27(31(24,5)18-23(20-35)29(21)38)17-26(37)28-25-19-30(3,4)12-14-34(25,15-13-33(28,32)7)10-8-16-39-22(2)36/h17-18,21,24-25,28H,8-16,19H2,1-7H3/t21-,24-,25+,28?,31-,32+,33+,34+/m0/s1. The van der Waals surface area contributed by atoms with Crippen LogP contribution >= 0.6 is 0 Å². The fraction of sp³-hybridized carbons (Fsp3) is 0.765. The summed E-state index contributed by atoms with van der Waals surface area (Å²) >= 11 is 0. The van der Waals surface area contributed by atoms with Crippen molar-refractivity contribution in [2.45, 2.75) is 106 Å². The van der Waals surface area contributed by atoms with Crippen molar-refractivity contribution in [3.63, 3.8) is 0 Å². The average Bonchev–Trinajstić information content (AvgIpc) is 2.86. The molecule has 0 spiro atoms. The number of fused-ring (bicyclic) bond motifs is 7. The largest absolute Gasteiger partial charge is 0.466 e. The molecule has 0 amide bonds. The highest BCUT2D eigenvalue weighted by atomic mass is 16.5.